The lowest BCUT2D eigenvalue weighted by molar-refractivity contribution is 0.0453. The quantitative estimate of drug-likeness (QED) is 0.685. The van der Waals surface area contributed by atoms with Crippen molar-refractivity contribution < 1.29 is 9.84 Å². The molecule has 1 aliphatic rings. The number of imidazole rings is 1. The third kappa shape index (κ3) is 4.11. The smallest absolute Gasteiger partial charge is 0.124 e. The number of hydrogen-bond acceptors (Lipinski definition) is 4. The molecule has 1 saturated heterocycles. The van der Waals surface area contributed by atoms with Gasteiger partial charge in [0.1, 0.15) is 11.4 Å². The highest BCUT2D eigenvalue weighted by molar-refractivity contribution is 5.38. The molecule has 5 nitrogen and oxygen atoms in total. The molecule has 2 aromatic carbocycles. The van der Waals surface area contributed by atoms with Crippen molar-refractivity contribution in [2.24, 2.45) is 0 Å². The predicted octanol–water partition coefficient (Wildman–Crippen LogP) is 3.42. The molecule has 1 fully saturated rings. The largest absolute Gasteiger partial charge is 0.494 e. The second-order valence-corrected chi connectivity index (χ2v) is 7.47. The summed E-state index contributed by atoms with van der Waals surface area (Å²) in [6, 6.07) is 16.4. The van der Waals surface area contributed by atoms with E-state index in [1.54, 1.807) is 6.20 Å². The Morgan fingerprint density at radius 3 is 2.75 bits per heavy atom. The average molecular weight is 377 g/mol. The van der Waals surface area contributed by atoms with Crippen molar-refractivity contribution in [2.75, 3.05) is 19.7 Å². The number of likely N-dealkylation sites (tertiary alicyclic amines) is 1. The number of benzene rings is 2. The molecule has 28 heavy (non-hydrogen) atoms. The minimum absolute atomic E-state index is 0.645. The lowest BCUT2D eigenvalue weighted by Crippen LogP contribution is -2.30. The first kappa shape index (κ1) is 18.7. The van der Waals surface area contributed by atoms with E-state index in [2.05, 4.69) is 28.1 Å². The summed E-state index contributed by atoms with van der Waals surface area (Å²) in [5, 5.41) is 11.1. The Morgan fingerprint density at radius 2 is 2.00 bits per heavy atom. The van der Waals surface area contributed by atoms with E-state index in [4.69, 9.17) is 4.74 Å². The van der Waals surface area contributed by atoms with Crippen molar-refractivity contribution in [3.8, 4) is 5.75 Å². The van der Waals surface area contributed by atoms with Crippen molar-refractivity contribution in [3.63, 3.8) is 0 Å². The van der Waals surface area contributed by atoms with Gasteiger partial charge in [-0.05, 0) is 36.6 Å². The molecule has 3 aromatic rings. The van der Waals surface area contributed by atoms with E-state index in [0.29, 0.717) is 13.2 Å². The number of rotatable bonds is 7. The van der Waals surface area contributed by atoms with Gasteiger partial charge in [0.2, 0.25) is 0 Å². The first-order chi connectivity index (χ1) is 13.7. The standard InChI is InChI=1S/C23H27N3O2/c1-2-28-22-9-8-19(14-20(22)16-26-13-11-24-18-26)15-25-12-10-23(27,17-25)21-6-4-3-5-7-21/h3-9,11,13-14,18,27H,2,10,12,15-17H2,1H3/t23-/m0/s1. The third-order valence-corrected chi connectivity index (χ3v) is 5.38. The summed E-state index contributed by atoms with van der Waals surface area (Å²) in [4.78, 5) is 6.45. The van der Waals surface area contributed by atoms with Crippen molar-refractivity contribution in [2.45, 2.75) is 32.0 Å². The highest BCUT2D eigenvalue weighted by Crippen LogP contribution is 2.33. The van der Waals surface area contributed by atoms with Crippen LogP contribution < -0.4 is 4.74 Å². The van der Waals surface area contributed by atoms with Gasteiger partial charge in [0.05, 0.1) is 19.5 Å². The molecule has 0 saturated carbocycles. The maximum absolute atomic E-state index is 11.1. The first-order valence-electron chi connectivity index (χ1n) is 9.87. The zero-order valence-corrected chi connectivity index (χ0v) is 16.3. The summed E-state index contributed by atoms with van der Waals surface area (Å²) in [5.74, 6) is 0.919. The Labute approximate surface area is 166 Å². The maximum Gasteiger partial charge on any atom is 0.124 e. The van der Waals surface area contributed by atoms with Crippen molar-refractivity contribution >= 4 is 0 Å². The Bertz CT molecular complexity index is 895. The summed E-state index contributed by atoms with van der Waals surface area (Å²) in [7, 11) is 0. The fraction of sp³-hybridized carbons (Fsp3) is 0.348. The third-order valence-electron chi connectivity index (χ3n) is 5.38. The number of ether oxygens (including phenoxy) is 1. The Morgan fingerprint density at radius 1 is 1.14 bits per heavy atom. The van der Waals surface area contributed by atoms with Crippen LogP contribution in [0.2, 0.25) is 0 Å². The molecule has 4 rings (SSSR count). The van der Waals surface area contributed by atoms with Gasteiger partial charge >= 0.3 is 0 Å². The molecular formula is C23H27N3O2. The van der Waals surface area contributed by atoms with E-state index in [1.165, 1.54) is 5.56 Å². The van der Waals surface area contributed by atoms with Crippen LogP contribution in [0.4, 0.5) is 0 Å². The topological polar surface area (TPSA) is 50.5 Å². The van der Waals surface area contributed by atoms with Crippen LogP contribution in [0, 0.1) is 0 Å². The summed E-state index contributed by atoms with van der Waals surface area (Å²) in [6.45, 7) is 5.74. The van der Waals surface area contributed by atoms with Crippen LogP contribution in [-0.2, 0) is 18.7 Å². The molecular weight excluding hydrogens is 350 g/mol. The lowest BCUT2D eigenvalue weighted by atomic mass is 9.93. The van der Waals surface area contributed by atoms with Crippen LogP contribution in [0.5, 0.6) is 5.75 Å². The van der Waals surface area contributed by atoms with E-state index < -0.39 is 5.60 Å². The van der Waals surface area contributed by atoms with Crippen LogP contribution in [0.15, 0.2) is 67.3 Å². The zero-order chi connectivity index (χ0) is 19.4. The predicted molar refractivity (Wildman–Crippen MR) is 109 cm³/mol. The van der Waals surface area contributed by atoms with Gasteiger partial charge in [-0.25, -0.2) is 4.98 Å². The monoisotopic (exact) mass is 377 g/mol. The number of aliphatic hydroxyl groups is 1. The molecule has 0 bridgehead atoms. The molecule has 1 atom stereocenters. The van der Waals surface area contributed by atoms with Gasteiger partial charge in [0.15, 0.2) is 0 Å². The normalized spacial score (nSPS) is 19.8. The SMILES string of the molecule is CCOc1ccc(CN2CC[C@@](O)(c3ccccc3)C2)cc1Cn1ccnc1. The maximum atomic E-state index is 11.1. The van der Waals surface area contributed by atoms with Gasteiger partial charge < -0.3 is 14.4 Å². The van der Waals surface area contributed by atoms with E-state index in [0.717, 1.165) is 42.9 Å². The second-order valence-electron chi connectivity index (χ2n) is 7.47. The van der Waals surface area contributed by atoms with Gasteiger partial charge in [-0.1, -0.05) is 36.4 Å². The molecule has 0 aliphatic carbocycles. The fourth-order valence-electron chi connectivity index (χ4n) is 3.98. The van der Waals surface area contributed by atoms with Crippen molar-refractivity contribution in [3.05, 3.63) is 83.9 Å². The minimum Gasteiger partial charge on any atom is -0.494 e. The Kier molecular flexibility index (Phi) is 5.46. The lowest BCUT2D eigenvalue weighted by Gasteiger charge is -2.24. The van der Waals surface area contributed by atoms with E-state index in [9.17, 15) is 5.11 Å². The van der Waals surface area contributed by atoms with Crippen LogP contribution in [0.1, 0.15) is 30.0 Å². The fourth-order valence-corrected chi connectivity index (χ4v) is 3.98. The molecule has 5 heteroatoms. The second kappa shape index (κ2) is 8.17. The summed E-state index contributed by atoms with van der Waals surface area (Å²) >= 11 is 0. The van der Waals surface area contributed by atoms with Crippen LogP contribution in [-0.4, -0.2) is 39.3 Å². The molecule has 1 aliphatic heterocycles. The van der Waals surface area contributed by atoms with Crippen LogP contribution in [0.25, 0.3) is 0 Å². The molecule has 1 N–H and O–H groups in total. The molecule has 2 heterocycles. The summed E-state index contributed by atoms with van der Waals surface area (Å²) in [5.41, 5.74) is 2.63. The zero-order valence-electron chi connectivity index (χ0n) is 16.3. The number of hydrogen-bond donors (Lipinski definition) is 1. The summed E-state index contributed by atoms with van der Waals surface area (Å²) < 4.78 is 7.86. The number of nitrogens with zero attached hydrogens (tertiary/aromatic N) is 3. The average Bonchev–Trinajstić information content (AvgIpc) is 3.35. The van der Waals surface area contributed by atoms with Crippen molar-refractivity contribution in [1.29, 1.82) is 0 Å². The van der Waals surface area contributed by atoms with Crippen molar-refractivity contribution in [1.82, 2.24) is 14.5 Å². The molecule has 146 valence electrons. The van der Waals surface area contributed by atoms with E-state index >= 15 is 0 Å². The summed E-state index contributed by atoms with van der Waals surface area (Å²) in [6.07, 6.45) is 6.33. The van der Waals surface area contributed by atoms with Gasteiger partial charge in [-0.15, -0.1) is 0 Å². The first-order valence-corrected chi connectivity index (χ1v) is 9.87. The van der Waals surface area contributed by atoms with Gasteiger partial charge in [-0.3, -0.25) is 4.90 Å². The molecule has 0 unspecified atom stereocenters. The van der Waals surface area contributed by atoms with Crippen LogP contribution in [0.3, 0.4) is 0 Å². The molecule has 1 aromatic heterocycles. The van der Waals surface area contributed by atoms with E-state index in [-0.39, 0.29) is 0 Å². The van der Waals surface area contributed by atoms with Gasteiger partial charge in [0.25, 0.3) is 0 Å². The molecule has 0 amide bonds. The highest BCUT2D eigenvalue weighted by Gasteiger charge is 2.37. The molecule has 0 spiro atoms. The van der Waals surface area contributed by atoms with E-state index in [1.807, 2.05) is 54.3 Å². The number of β-amino-alcohol motifs (C(OH)–C–C–N with tert-alkyl or cyclic N) is 1. The van der Waals surface area contributed by atoms with Gasteiger partial charge in [-0.2, -0.15) is 0 Å². The Hall–Kier alpha value is -2.63. The number of aromatic nitrogens is 2. The van der Waals surface area contributed by atoms with Gasteiger partial charge in [0, 0.05) is 37.6 Å². The highest BCUT2D eigenvalue weighted by atomic mass is 16.5. The van der Waals surface area contributed by atoms with Crippen LogP contribution >= 0.6 is 0 Å². The minimum atomic E-state index is -0.758. The molecule has 0 radical (unpaired) electrons. The Balaban J connectivity index is 1.49.